The maximum Gasteiger partial charge on any atom is 0.337 e. The fourth-order valence-corrected chi connectivity index (χ4v) is 2.95. The molecule has 3 rings (SSSR count). The third-order valence-corrected chi connectivity index (χ3v) is 4.77. The summed E-state index contributed by atoms with van der Waals surface area (Å²) in [6.07, 6.45) is 0. The van der Waals surface area contributed by atoms with E-state index in [4.69, 9.17) is 9.47 Å². The van der Waals surface area contributed by atoms with E-state index in [1.807, 2.05) is 19.1 Å². The molecule has 0 aliphatic carbocycles. The lowest BCUT2D eigenvalue weighted by Gasteiger charge is -2.10. The predicted molar refractivity (Wildman–Crippen MR) is 123 cm³/mol. The highest BCUT2D eigenvalue weighted by atomic mass is 16.5. The van der Waals surface area contributed by atoms with E-state index in [-0.39, 0.29) is 11.8 Å². The van der Waals surface area contributed by atoms with E-state index in [0.717, 1.165) is 11.3 Å². The molecule has 0 fully saturated rings. The SMILES string of the molecule is COC(=O)c1ccc(OC)c(C(=O)c2ccccc2C)c1.COC(=O)c1ccc(OC)cc1. The van der Waals surface area contributed by atoms with Crippen molar-refractivity contribution in [2.45, 2.75) is 6.92 Å². The van der Waals surface area contributed by atoms with Crippen LogP contribution in [0, 0.1) is 6.92 Å². The fraction of sp³-hybridized carbons (Fsp3) is 0.192. The van der Waals surface area contributed by atoms with Gasteiger partial charge in [-0.1, -0.05) is 24.3 Å². The zero-order valence-electron chi connectivity index (χ0n) is 19.2. The first kappa shape index (κ1) is 25.1. The zero-order chi connectivity index (χ0) is 24.4. The highest BCUT2D eigenvalue weighted by Gasteiger charge is 2.18. The fourth-order valence-electron chi connectivity index (χ4n) is 2.95. The van der Waals surface area contributed by atoms with Gasteiger partial charge in [-0.05, 0) is 55.0 Å². The number of rotatable bonds is 6. The number of carbonyl (C=O) groups is 3. The van der Waals surface area contributed by atoms with Crippen LogP contribution in [0.25, 0.3) is 0 Å². The first-order valence-corrected chi connectivity index (χ1v) is 9.95. The molecule has 0 aliphatic rings. The molecule has 0 bridgehead atoms. The topological polar surface area (TPSA) is 88.1 Å². The number of ether oxygens (including phenoxy) is 4. The summed E-state index contributed by atoms with van der Waals surface area (Å²) in [6.45, 7) is 1.86. The number of esters is 2. The zero-order valence-corrected chi connectivity index (χ0v) is 19.2. The number of ketones is 1. The van der Waals surface area contributed by atoms with Gasteiger partial charge in [0.05, 0.1) is 45.1 Å². The van der Waals surface area contributed by atoms with Crippen molar-refractivity contribution in [3.8, 4) is 11.5 Å². The van der Waals surface area contributed by atoms with Gasteiger partial charge >= 0.3 is 11.9 Å². The van der Waals surface area contributed by atoms with Crippen LogP contribution in [0.15, 0.2) is 66.7 Å². The summed E-state index contributed by atoms with van der Waals surface area (Å²) < 4.78 is 19.4. The van der Waals surface area contributed by atoms with Crippen LogP contribution in [0.4, 0.5) is 0 Å². The maximum absolute atomic E-state index is 12.7. The Bertz CT molecular complexity index is 1120. The van der Waals surface area contributed by atoms with Gasteiger partial charge in [0.1, 0.15) is 11.5 Å². The number of carbonyl (C=O) groups excluding carboxylic acids is 3. The molecule has 7 nitrogen and oxygen atoms in total. The van der Waals surface area contributed by atoms with Crippen LogP contribution in [0.5, 0.6) is 11.5 Å². The molecule has 3 aromatic rings. The van der Waals surface area contributed by atoms with Crippen molar-refractivity contribution in [2.24, 2.45) is 0 Å². The number of methoxy groups -OCH3 is 4. The predicted octanol–water partition coefficient (Wildman–Crippen LogP) is 4.50. The summed E-state index contributed by atoms with van der Waals surface area (Å²) in [5, 5.41) is 0. The van der Waals surface area contributed by atoms with Crippen LogP contribution in [0.2, 0.25) is 0 Å². The molecular formula is C26H26O7. The van der Waals surface area contributed by atoms with E-state index in [1.165, 1.54) is 27.4 Å². The lowest BCUT2D eigenvalue weighted by Crippen LogP contribution is -2.09. The van der Waals surface area contributed by atoms with E-state index in [9.17, 15) is 14.4 Å². The molecule has 0 radical (unpaired) electrons. The largest absolute Gasteiger partial charge is 0.497 e. The van der Waals surface area contributed by atoms with Gasteiger partial charge in [0.15, 0.2) is 5.78 Å². The highest BCUT2D eigenvalue weighted by molar-refractivity contribution is 6.12. The van der Waals surface area contributed by atoms with E-state index in [1.54, 1.807) is 55.6 Å². The van der Waals surface area contributed by atoms with Gasteiger partial charge in [0, 0.05) is 5.56 Å². The average molecular weight is 450 g/mol. The number of aryl methyl sites for hydroxylation is 1. The maximum atomic E-state index is 12.7. The van der Waals surface area contributed by atoms with Gasteiger partial charge < -0.3 is 18.9 Å². The number of hydrogen-bond acceptors (Lipinski definition) is 7. The quantitative estimate of drug-likeness (QED) is 0.403. The van der Waals surface area contributed by atoms with Crippen molar-refractivity contribution in [1.29, 1.82) is 0 Å². The van der Waals surface area contributed by atoms with Gasteiger partial charge in [-0.2, -0.15) is 0 Å². The summed E-state index contributed by atoms with van der Waals surface area (Å²) >= 11 is 0. The average Bonchev–Trinajstić information content (AvgIpc) is 2.87. The van der Waals surface area contributed by atoms with E-state index < -0.39 is 5.97 Å². The van der Waals surface area contributed by atoms with Crippen LogP contribution >= 0.6 is 0 Å². The minimum Gasteiger partial charge on any atom is -0.497 e. The van der Waals surface area contributed by atoms with Crippen molar-refractivity contribution in [1.82, 2.24) is 0 Å². The van der Waals surface area contributed by atoms with E-state index in [2.05, 4.69) is 9.47 Å². The molecule has 0 aliphatic heterocycles. The molecule has 0 unspecified atom stereocenters. The van der Waals surface area contributed by atoms with Crippen molar-refractivity contribution in [3.05, 3.63) is 94.5 Å². The van der Waals surface area contributed by atoms with Gasteiger partial charge in [-0.3, -0.25) is 4.79 Å². The third kappa shape index (κ3) is 6.43. The second kappa shape index (κ2) is 12.0. The molecule has 0 aromatic heterocycles. The standard InChI is InChI=1S/C17H16O4.C9H10O3/c1-11-6-4-5-7-13(11)16(18)14-10-12(17(19)21-3)8-9-15(14)20-2;1-11-8-5-3-7(4-6-8)9(10)12-2/h4-10H,1-3H3;3-6H,1-2H3. The van der Waals surface area contributed by atoms with E-state index >= 15 is 0 Å². The summed E-state index contributed by atoms with van der Waals surface area (Å²) in [7, 11) is 5.72. The van der Waals surface area contributed by atoms with Crippen LogP contribution in [0.1, 0.15) is 42.2 Å². The lowest BCUT2D eigenvalue weighted by molar-refractivity contribution is 0.0591. The van der Waals surface area contributed by atoms with Gasteiger partial charge in [-0.15, -0.1) is 0 Å². The summed E-state index contributed by atoms with van der Waals surface area (Å²) in [6, 6.07) is 18.7. The molecule has 0 N–H and O–H groups in total. The summed E-state index contributed by atoms with van der Waals surface area (Å²) in [5.74, 6) is 0.142. The first-order chi connectivity index (χ1) is 15.9. The number of hydrogen-bond donors (Lipinski definition) is 0. The first-order valence-electron chi connectivity index (χ1n) is 9.95. The van der Waals surface area contributed by atoms with Crippen LogP contribution < -0.4 is 9.47 Å². The molecule has 0 heterocycles. The Hall–Kier alpha value is -4.13. The Labute approximate surface area is 192 Å². The molecular weight excluding hydrogens is 424 g/mol. The minimum absolute atomic E-state index is 0.185. The molecule has 0 amide bonds. The van der Waals surface area contributed by atoms with E-state index in [0.29, 0.717) is 28.0 Å². The third-order valence-electron chi connectivity index (χ3n) is 4.77. The molecule has 0 spiro atoms. The molecule has 0 saturated carbocycles. The Morgan fingerprint density at radius 3 is 1.76 bits per heavy atom. The molecule has 0 saturated heterocycles. The second-order valence-electron chi connectivity index (χ2n) is 6.77. The van der Waals surface area contributed by atoms with Crippen LogP contribution in [-0.2, 0) is 9.47 Å². The molecule has 3 aromatic carbocycles. The van der Waals surface area contributed by atoms with Crippen LogP contribution in [0.3, 0.4) is 0 Å². The monoisotopic (exact) mass is 450 g/mol. The number of benzene rings is 3. The minimum atomic E-state index is -0.489. The highest BCUT2D eigenvalue weighted by Crippen LogP contribution is 2.24. The summed E-state index contributed by atoms with van der Waals surface area (Å²) in [5.41, 5.74) is 2.63. The van der Waals surface area contributed by atoms with Crippen molar-refractivity contribution in [3.63, 3.8) is 0 Å². The molecule has 172 valence electrons. The Morgan fingerprint density at radius 1 is 0.636 bits per heavy atom. The molecule has 7 heteroatoms. The van der Waals surface area contributed by atoms with Crippen molar-refractivity contribution >= 4 is 17.7 Å². The summed E-state index contributed by atoms with van der Waals surface area (Å²) in [4.78, 5) is 35.2. The lowest BCUT2D eigenvalue weighted by atomic mass is 9.97. The van der Waals surface area contributed by atoms with Crippen molar-refractivity contribution in [2.75, 3.05) is 28.4 Å². The normalized spacial score (nSPS) is 9.73. The van der Waals surface area contributed by atoms with Crippen molar-refractivity contribution < 1.29 is 33.3 Å². The second-order valence-corrected chi connectivity index (χ2v) is 6.77. The molecule has 0 atom stereocenters. The van der Waals surface area contributed by atoms with Gasteiger partial charge in [-0.25, -0.2) is 9.59 Å². The van der Waals surface area contributed by atoms with Gasteiger partial charge in [0.2, 0.25) is 0 Å². The smallest absolute Gasteiger partial charge is 0.337 e. The van der Waals surface area contributed by atoms with Crippen LogP contribution in [-0.4, -0.2) is 46.2 Å². The Morgan fingerprint density at radius 2 is 1.21 bits per heavy atom. The Balaban J connectivity index is 0.000000273. The Kier molecular flexibility index (Phi) is 9.17. The molecule has 33 heavy (non-hydrogen) atoms. The van der Waals surface area contributed by atoms with Gasteiger partial charge in [0.25, 0.3) is 0 Å².